The Labute approximate surface area is 166 Å². The molecule has 28 heavy (non-hydrogen) atoms. The molecule has 0 unspecified atom stereocenters. The van der Waals surface area contributed by atoms with Crippen molar-refractivity contribution in [3.05, 3.63) is 58.1 Å². The Hall–Kier alpha value is -2.49. The minimum absolute atomic E-state index is 0.167. The zero-order valence-electron chi connectivity index (χ0n) is 16.5. The van der Waals surface area contributed by atoms with E-state index >= 15 is 0 Å². The monoisotopic (exact) mass is 377 g/mol. The molecule has 0 radical (unpaired) electrons. The lowest BCUT2D eigenvalue weighted by Gasteiger charge is -2.32. The van der Waals surface area contributed by atoms with Gasteiger partial charge in [0.1, 0.15) is 11.5 Å². The first-order chi connectivity index (χ1) is 13.7. The summed E-state index contributed by atoms with van der Waals surface area (Å²) in [6.07, 6.45) is 5.13. The number of ether oxygens (including phenoxy) is 2. The molecule has 146 valence electrons. The maximum atomic E-state index is 12.8. The van der Waals surface area contributed by atoms with Crippen LogP contribution in [0.25, 0.3) is 0 Å². The second kappa shape index (κ2) is 7.16. The fraction of sp³-hybridized carbons (Fsp3) is 0.458. The summed E-state index contributed by atoms with van der Waals surface area (Å²) in [7, 11) is 0. The van der Waals surface area contributed by atoms with E-state index in [1.54, 1.807) is 0 Å². The molecule has 4 heteroatoms. The van der Waals surface area contributed by atoms with Gasteiger partial charge in [0, 0.05) is 48.2 Å². The quantitative estimate of drug-likeness (QED) is 0.813. The Balaban J connectivity index is 1.28. The molecule has 3 aliphatic heterocycles. The average Bonchev–Trinajstić information content (AvgIpc) is 3.37. The van der Waals surface area contributed by atoms with E-state index in [0.717, 1.165) is 81.0 Å². The second-order valence-corrected chi connectivity index (χ2v) is 8.33. The van der Waals surface area contributed by atoms with Crippen LogP contribution in [-0.4, -0.2) is 37.1 Å². The van der Waals surface area contributed by atoms with E-state index in [-0.39, 0.29) is 5.91 Å². The molecule has 0 spiro atoms. The molecule has 1 fully saturated rings. The van der Waals surface area contributed by atoms with Gasteiger partial charge in [-0.2, -0.15) is 0 Å². The van der Waals surface area contributed by atoms with E-state index in [4.69, 9.17) is 9.47 Å². The molecule has 2 aromatic rings. The van der Waals surface area contributed by atoms with E-state index in [0.29, 0.717) is 5.92 Å². The van der Waals surface area contributed by atoms with Gasteiger partial charge in [-0.3, -0.25) is 4.79 Å². The number of piperidine rings is 1. The summed E-state index contributed by atoms with van der Waals surface area (Å²) in [6, 6.07) is 10.1. The minimum Gasteiger partial charge on any atom is -0.493 e. The van der Waals surface area contributed by atoms with Crippen LogP contribution in [0.2, 0.25) is 0 Å². The second-order valence-electron chi connectivity index (χ2n) is 8.33. The number of carbonyl (C=O) groups is 1. The van der Waals surface area contributed by atoms with Crippen molar-refractivity contribution in [2.45, 2.75) is 39.0 Å². The highest BCUT2D eigenvalue weighted by Gasteiger charge is 2.30. The van der Waals surface area contributed by atoms with Crippen molar-refractivity contribution < 1.29 is 14.3 Å². The van der Waals surface area contributed by atoms with Crippen LogP contribution < -0.4 is 9.47 Å². The Morgan fingerprint density at radius 3 is 2.75 bits per heavy atom. The molecule has 0 atom stereocenters. The molecule has 0 aromatic heterocycles. The van der Waals surface area contributed by atoms with Gasteiger partial charge in [-0.15, -0.1) is 0 Å². The molecule has 4 nitrogen and oxygen atoms in total. The summed E-state index contributed by atoms with van der Waals surface area (Å²) in [5.74, 6) is 2.97. The Morgan fingerprint density at radius 2 is 1.93 bits per heavy atom. The number of hydrogen-bond acceptors (Lipinski definition) is 3. The summed E-state index contributed by atoms with van der Waals surface area (Å²) in [5.41, 5.74) is 5.99. The number of nitrogens with zero attached hydrogens (tertiary/aromatic N) is 1. The van der Waals surface area contributed by atoms with E-state index in [9.17, 15) is 4.79 Å². The minimum atomic E-state index is 0.167. The molecule has 0 N–H and O–H groups in total. The molecule has 2 aromatic carbocycles. The van der Waals surface area contributed by atoms with Crippen molar-refractivity contribution in [2.24, 2.45) is 5.92 Å². The normalized spacial score (nSPS) is 18.4. The molecular formula is C24H27NO3. The maximum absolute atomic E-state index is 12.8. The lowest BCUT2D eigenvalue weighted by molar-refractivity contribution is 0.0690. The third kappa shape index (κ3) is 3.15. The third-order valence-electron chi connectivity index (χ3n) is 6.42. The lowest BCUT2D eigenvalue weighted by Crippen LogP contribution is -2.39. The molecular weight excluding hydrogens is 350 g/mol. The summed E-state index contributed by atoms with van der Waals surface area (Å²) in [4.78, 5) is 14.8. The van der Waals surface area contributed by atoms with Crippen LogP contribution >= 0.6 is 0 Å². The summed E-state index contributed by atoms with van der Waals surface area (Å²) in [6.45, 7) is 5.28. The topological polar surface area (TPSA) is 38.8 Å². The highest BCUT2D eigenvalue weighted by Crippen LogP contribution is 2.42. The Kier molecular flexibility index (Phi) is 4.50. The van der Waals surface area contributed by atoms with E-state index < -0.39 is 0 Å². The first-order valence-corrected chi connectivity index (χ1v) is 10.5. The molecule has 0 bridgehead atoms. The number of likely N-dealkylation sites (tertiary alicyclic amines) is 1. The van der Waals surface area contributed by atoms with Crippen molar-refractivity contribution in [3.63, 3.8) is 0 Å². The van der Waals surface area contributed by atoms with Crippen molar-refractivity contribution in [2.75, 3.05) is 26.3 Å². The van der Waals surface area contributed by atoms with Gasteiger partial charge in [0.15, 0.2) is 0 Å². The Bertz CT molecular complexity index is 880. The van der Waals surface area contributed by atoms with Crippen LogP contribution in [0.15, 0.2) is 30.3 Å². The zero-order valence-corrected chi connectivity index (χ0v) is 16.5. The smallest absolute Gasteiger partial charge is 0.253 e. The lowest BCUT2D eigenvalue weighted by atomic mass is 9.86. The molecule has 0 aliphatic carbocycles. The van der Waals surface area contributed by atoms with Crippen molar-refractivity contribution in [1.82, 2.24) is 4.90 Å². The Morgan fingerprint density at radius 1 is 1.11 bits per heavy atom. The van der Waals surface area contributed by atoms with Gasteiger partial charge in [-0.25, -0.2) is 0 Å². The van der Waals surface area contributed by atoms with Gasteiger partial charge in [-0.1, -0.05) is 17.7 Å². The number of carbonyl (C=O) groups excluding carboxylic acids is 1. The van der Waals surface area contributed by atoms with Crippen LogP contribution in [-0.2, 0) is 19.3 Å². The van der Waals surface area contributed by atoms with Crippen LogP contribution in [0.1, 0.15) is 45.5 Å². The van der Waals surface area contributed by atoms with Gasteiger partial charge in [-0.05, 0) is 50.3 Å². The maximum Gasteiger partial charge on any atom is 0.253 e. The SMILES string of the molecule is Cc1cccc(C(=O)N2CCC(Cc3c4c(cc5c3OCC5)OCC4)CC2)c1. The first-order valence-electron chi connectivity index (χ1n) is 10.5. The van der Waals surface area contributed by atoms with Crippen LogP contribution in [0.3, 0.4) is 0 Å². The average molecular weight is 377 g/mol. The van der Waals surface area contributed by atoms with E-state index in [2.05, 4.69) is 6.07 Å². The van der Waals surface area contributed by atoms with E-state index in [1.165, 1.54) is 16.7 Å². The summed E-state index contributed by atoms with van der Waals surface area (Å²) >= 11 is 0. The van der Waals surface area contributed by atoms with Gasteiger partial charge in [0.25, 0.3) is 5.91 Å². The molecule has 3 heterocycles. The predicted molar refractivity (Wildman–Crippen MR) is 108 cm³/mol. The number of aryl methyl sites for hydroxylation is 1. The predicted octanol–water partition coefficient (Wildman–Crippen LogP) is 3.96. The highest BCUT2D eigenvalue weighted by atomic mass is 16.5. The van der Waals surface area contributed by atoms with Gasteiger partial charge in [0.2, 0.25) is 0 Å². The fourth-order valence-corrected chi connectivity index (χ4v) is 4.89. The van der Waals surface area contributed by atoms with Crippen LogP contribution in [0.4, 0.5) is 0 Å². The van der Waals surface area contributed by atoms with Crippen molar-refractivity contribution >= 4 is 5.91 Å². The number of hydrogen-bond donors (Lipinski definition) is 0. The van der Waals surface area contributed by atoms with Crippen molar-refractivity contribution in [1.29, 1.82) is 0 Å². The van der Waals surface area contributed by atoms with Gasteiger partial charge < -0.3 is 14.4 Å². The summed E-state index contributed by atoms with van der Waals surface area (Å²) in [5, 5.41) is 0. The van der Waals surface area contributed by atoms with Crippen LogP contribution in [0.5, 0.6) is 11.5 Å². The molecule has 5 rings (SSSR count). The molecule has 1 amide bonds. The molecule has 3 aliphatic rings. The molecule has 1 saturated heterocycles. The van der Waals surface area contributed by atoms with E-state index in [1.807, 2.05) is 36.1 Å². The van der Waals surface area contributed by atoms with Crippen LogP contribution in [0, 0.1) is 12.8 Å². The van der Waals surface area contributed by atoms with Gasteiger partial charge >= 0.3 is 0 Å². The largest absolute Gasteiger partial charge is 0.493 e. The van der Waals surface area contributed by atoms with Crippen molar-refractivity contribution in [3.8, 4) is 11.5 Å². The summed E-state index contributed by atoms with van der Waals surface area (Å²) < 4.78 is 11.9. The number of rotatable bonds is 3. The number of amides is 1. The standard InChI is InChI=1S/C24H27NO3/c1-16-3-2-4-19(13-16)24(26)25-9-5-17(6-10-25)14-21-20-8-12-27-22(20)15-18-7-11-28-23(18)21/h2-4,13,15,17H,5-12,14H2,1H3. The zero-order chi connectivity index (χ0) is 19.1. The molecule has 0 saturated carbocycles. The highest BCUT2D eigenvalue weighted by molar-refractivity contribution is 5.94. The first kappa shape index (κ1) is 17.6. The fourth-order valence-electron chi connectivity index (χ4n) is 4.89. The van der Waals surface area contributed by atoms with Gasteiger partial charge in [0.05, 0.1) is 13.2 Å². The third-order valence-corrected chi connectivity index (χ3v) is 6.42. The number of benzene rings is 2. The number of fused-ring (bicyclic) bond motifs is 2.